The maximum absolute atomic E-state index is 12.1. The second-order valence-electron chi connectivity index (χ2n) is 6.64. The van der Waals surface area contributed by atoms with E-state index in [1.54, 1.807) is 0 Å². The molecule has 2 heterocycles. The van der Waals surface area contributed by atoms with Crippen LogP contribution in [0.15, 0.2) is 71.9 Å². The summed E-state index contributed by atoms with van der Waals surface area (Å²) < 4.78 is 0. The minimum atomic E-state index is -0.103. The van der Waals surface area contributed by atoms with Crippen LogP contribution in [-0.2, 0) is 4.79 Å². The fraction of sp³-hybridized carbons (Fsp3) is 0.136. The van der Waals surface area contributed by atoms with Crippen LogP contribution in [0.3, 0.4) is 0 Å². The number of amides is 1. The van der Waals surface area contributed by atoms with Gasteiger partial charge in [-0.3, -0.25) is 9.79 Å². The number of nitrogens with zero attached hydrogens (tertiary/aromatic N) is 3. The van der Waals surface area contributed by atoms with Crippen molar-refractivity contribution in [2.24, 2.45) is 4.99 Å². The van der Waals surface area contributed by atoms with Gasteiger partial charge in [0.2, 0.25) is 5.91 Å². The van der Waals surface area contributed by atoms with E-state index in [1.807, 2.05) is 73.7 Å². The summed E-state index contributed by atoms with van der Waals surface area (Å²) in [5.74, 6) is 0.793. The number of hydrogen-bond acceptors (Lipinski definition) is 4. The van der Waals surface area contributed by atoms with Gasteiger partial charge in [0, 0.05) is 31.4 Å². The van der Waals surface area contributed by atoms with Crippen molar-refractivity contribution in [2.45, 2.75) is 0 Å². The number of nitrogens with one attached hydrogen (secondary N) is 1. The summed E-state index contributed by atoms with van der Waals surface area (Å²) in [4.78, 5) is 23.0. The largest absolute Gasteiger partial charge is 0.363 e. The van der Waals surface area contributed by atoms with Gasteiger partial charge in [-0.2, -0.15) is 0 Å². The van der Waals surface area contributed by atoms with Gasteiger partial charge in [-0.15, -0.1) is 0 Å². The van der Waals surface area contributed by atoms with Gasteiger partial charge >= 0.3 is 0 Å². The van der Waals surface area contributed by atoms with Crippen LogP contribution in [-0.4, -0.2) is 37.2 Å². The molecule has 1 amide bonds. The maximum Gasteiger partial charge on any atom is 0.246 e. The molecule has 27 heavy (non-hydrogen) atoms. The van der Waals surface area contributed by atoms with E-state index in [9.17, 15) is 4.79 Å². The van der Waals surface area contributed by atoms with Crippen molar-refractivity contribution in [3.63, 3.8) is 0 Å². The number of pyridine rings is 1. The molecule has 0 aliphatic carbocycles. The van der Waals surface area contributed by atoms with Crippen LogP contribution in [0.1, 0.15) is 11.1 Å². The highest BCUT2D eigenvalue weighted by Gasteiger charge is 2.18. The molecule has 2 aromatic carbocycles. The second-order valence-corrected chi connectivity index (χ2v) is 6.64. The van der Waals surface area contributed by atoms with Gasteiger partial charge in [-0.1, -0.05) is 36.4 Å². The number of benzene rings is 2. The van der Waals surface area contributed by atoms with Gasteiger partial charge < -0.3 is 10.2 Å². The van der Waals surface area contributed by atoms with Gasteiger partial charge in [0.05, 0.1) is 11.4 Å². The van der Waals surface area contributed by atoms with E-state index in [-0.39, 0.29) is 12.5 Å². The molecular formula is C22H20N4O. The van der Waals surface area contributed by atoms with Crippen LogP contribution in [0, 0.1) is 0 Å². The van der Waals surface area contributed by atoms with E-state index in [0.29, 0.717) is 0 Å². The molecule has 5 heteroatoms. The number of fused-ring (bicyclic) bond motifs is 1. The zero-order valence-corrected chi connectivity index (χ0v) is 15.3. The van der Waals surface area contributed by atoms with Crippen LogP contribution in [0.25, 0.3) is 11.1 Å². The predicted molar refractivity (Wildman–Crippen MR) is 110 cm³/mol. The van der Waals surface area contributed by atoms with E-state index in [4.69, 9.17) is 0 Å². The third kappa shape index (κ3) is 3.44. The first-order valence-corrected chi connectivity index (χ1v) is 8.80. The zero-order valence-electron chi connectivity index (χ0n) is 15.3. The summed E-state index contributed by atoms with van der Waals surface area (Å²) in [6.45, 7) is 0.119. The van der Waals surface area contributed by atoms with E-state index >= 15 is 0 Å². The van der Waals surface area contributed by atoms with E-state index in [2.05, 4.69) is 27.4 Å². The zero-order chi connectivity index (χ0) is 18.8. The molecule has 4 rings (SSSR count). The quantitative estimate of drug-likeness (QED) is 0.780. The normalized spacial score (nSPS) is 13.3. The molecule has 1 N–H and O–H groups in total. The predicted octanol–water partition coefficient (Wildman–Crippen LogP) is 3.60. The lowest BCUT2D eigenvalue weighted by Gasteiger charge is -2.15. The number of carbonyl (C=O) groups is 1. The average molecular weight is 356 g/mol. The molecule has 5 nitrogen and oxygen atoms in total. The van der Waals surface area contributed by atoms with E-state index < -0.39 is 0 Å². The minimum absolute atomic E-state index is 0.103. The van der Waals surface area contributed by atoms with Crippen molar-refractivity contribution in [1.82, 2.24) is 4.98 Å². The number of aliphatic imine (C=N–C) groups is 1. The lowest BCUT2D eigenvalue weighted by atomic mass is 9.96. The Hall–Kier alpha value is -3.47. The number of benzodiazepines with no additional fused rings is 1. The molecular weight excluding hydrogens is 336 g/mol. The Kier molecular flexibility index (Phi) is 4.42. The maximum atomic E-state index is 12.1. The van der Waals surface area contributed by atoms with Crippen molar-refractivity contribution in [2.75, 3.05) is 30.9 Å². The smallest absolute Gasteiger partial charge is 0.246 e. The standard InChI is InChI=1S/C22H20N4O/c1-26(2)20-13-17(10-11-23-20)16-8-9-19-18(12-16)22(24-14-21(27)25-19)15-6-4-3-5-7-15/h3-13H,14H2,1-2H3,(H,25,27). The van der Waals surface area contributed by atoms with Crippen LogP contribution < -0.4 is 10.2 Å². The van der Waals surface area contributed by atoms with Crippen LogP contribution in [0.2, 0.25) is 0 Å². The van der Waals surface area contributed by atoms with Crippen molar-refractivity contribution in [3.05, 3.63) is 78.0 Å². The van der Waals surface area contributed by atoms with E-state index in [1.165, 1.54) is 0 Å². The molecule has 1 aliphatic heterocycles. The molecule has 0 unspecified atom stereocenters. The number of carbonyl (C=O) groups excluding carboxylic acids is 1. The van der Waals surface area contributed by atoms with Crippen LogP contribution in [0.4, 0.5) is 11.5 Å². The first-order valence-electron chi connectivity index (χ1n) is 8.80. The summed E-state index contributed by atoms with van der Waals surface area (Å²) in [6.07, 6.45) is 1.81. The molecule has 1 aromatic heterocycles. The summed E-state index contributed by atoms with van der Waals surface area (Å²) in [6, 6.07) is 20.1. The first kappa shape index (κ1) is 17.0. The second kappa shape index (κ2) is 7.03. The molecule has 0 bridgehead atoms. The number of aromatic nitrogens is 1. The average Bonchev–Trinajstić information content (AvgIpc) is 2.86. The minimum Gasteiger partial charge on any atom is -0.363 e. The number of rotatable bonds is 3. The fourth-order valence-electron chi connectivity index (χ4n) is 3.14. The molecule has 0 atom stereocenters. The van der Waals surface area contributed by atoms with Gasteiger partial charge in [-0.25, -0.2) is 4.98 Å². The molecule has 1 aliphatic rings. The van der Waals surface area contributed by atoms with Gasteiger partial charge in [0.15, 0.2) is 0 Å². The molecule has 134 valence electrons. The summed E-state index contributed by atoms with van der Waals surface area (Å²) >= 11 is 0. The highest BCUT2D eigenvalue weighted by molar-refractivity contribution is 6.19. The molecule has 0 saturated carbocycles. The van der Waals surface area contributed by atoms with Crippen molar-refractivity contribution in [1.29, 1.82) is 0 Å². The topological polar surface area (TPSA) is 57.6 Å². The molecule has 0 saturated heterocycles. The van der Waals surface area contributed by atoms with Crippen molar-refractivity contribution in [3.8, 4) is 11.1 Å². The van der Waals surface area contributed by atoms with Crippen molar-refractivity contribution >= 4 is 23.1 Å². The third-order valence-corrected chi connectivity index (χ3v) is 4.51. The van der Waals surface area contributed by atoms with Crippen LogP contribution >= 0.6 is 0 Å². The Morgan fingerprint density at radius 3 is 2.48 bits per heavy atom. The highest BCUT2D eigenvalue weighted by Crippen LogP contribution is 2.30. The van der Waals surface area contributed by atoms with Crippen LogP contribution in [0.5, 0.6) is 0 Å². The molecule has 3 aromatic rings. The Bertz CT molecular complexity index is 1030. The monoisotopic (exact) mass is 356 g/mol. The van der Waals surface area contributed by atoms with Crippen molar-refractivity contribution < 1.29 is 4.79 Å². The summed E-state index contributed by atoms with van der Waals surface area (Å²) in [5, 5.41) is 2.96. The Morgan fingerprint density at radius 1 is 0.926 bits per heavy atom. The molecule has 0 spiro atoms. The summed E-state index contributed by atoms with van der Waals surface area (Å²) in [5.41, 5.74) is 5.65. The number of hydrogen-bond donors (Lipinski definition) is 1. The Labute approximate surface area is 158 Å². The lowest BCUT2D eigenvalue weighted by molar-refractivity contribution is -0.114. The van der Waals surface area contributed by atoms with Gasteiger partial charge in [0.25, 0.3) is 0 Å². The Balaban J connectivity index is 1.85. The molecule has 0 fully saturated rings. The van der Waals surface area contributed by atoms with Gasteiger partial charge in [0.1, 0.15) is 12.4 Å². The molecule has 0 radical (unpaired) electrons. The first-order chi connectivity index (χ1) is 13.1. The highest BCUT2D eigenvalue weighted by atomic mass is 16.1. The fourth-order valence-corrected chi connectivity index (χ4v) is 3.14. The Morgan fingerprint density at radius 2 is 1.70 bits per heavy atom. The van der Waals surface area contributed by atoms with E-state index in [0.717, 1.165) is 39.5 Å². The SMILES string of the molecule is CN(C)c1cc(-c2ccc3c(c2)C(c2ccccc2)=NCC(=O)N3)ccn1. The van der Waals surface area contributed by atoms with Gasteiger partial charge in [-0.05, 0) is 35.4 Å². The number of anilines is 2. The lowest BCUT2D eigenvalue weighted by Crippen LogP contribution is -2.13. The third-order valence-electron chi connectivity index (χ3n) is 4.51. The summed E-state index contributed by atoms with van der Waals surface area (Å²) in [7, 11) is 3.94.